The molecule has 3 aliphatic rings. The average Bonchev–Trinajstić information content (AvgIpc) is 2.88. The zero-order valence-electron chi connectivity index (χ0n) is 8.50. The molecule has 0 amide bonds. The first kappa shape index (κ1) is 9.13. The molecular formula is C11H18O3. The maximum Gasteiger partial charge on any atom is 0.171 e. The van der Waals surface area contributed by atoms with Gasteiger partial charge in [0.15, 0.2) is 5.79 Å². The van der Waals surface area contributed by atoms with E-state index in [-0.39, 0.29) is 11.2 Å². The summed E-state index contributed by atoms with van der Waals surface area (Å²) in [7, 11) is 0. The second kappa shape index (κ2) is 2.94. The van der Waals surface area contributed by atoms with Gasteiger partial charge in [-0.3, -0.25) is 0 Å². The Balaban J connectivity index is 1.91. The van der Waals surface area contributed by atoms with Crippen molar-refractivity contribution >= 4 is 0 Å². The number of fused-ring (bicyclic) bond motifs is 2. The van der Waals surface area contributed by atoms with Gasteiger partial charge in [0.25, 0.3) is 0 Å². The monoisotopic (exact) mass is 198 g/mol. The van der Waals surface area contributed by atoms with Crippen molar-refractivity contribution in [2.24, 2.45) is 11.3 Å². The lowest BCUT2D eigenvalue weighted by molar-refractivity contribution is -0.191. The molecule has 0 aromatic rings. The van der Waals surface area contributed by atoms with Crippen molar-refractivity contribution in [2.75, 3.05) is 19.8 Å². The van der Waals surface area contributed by atoms with Crippen LogP contribution in [0.1, 0.15) is 32.1 Å². The highest BCUT2D eigenvalue weighted by Crippen LogP contribution is 2.60. The van der Waals surface area contributed by atoms with Gasteiger partial charge in [-0.05, 0) is 19.3 Å². The van der Waals surface area contributed by atoms with Gasteiger partial charge in [-0.15, -0.1) is 0 Å². The number of aliphatic hydroxyl groups is 1. The fraction of sp³-hybridized carbons (Fsp3) is 1.00. The minimum atomic E-state index is -0.306. The van der Waals surface area contributed by atoms with Crippen LogP contribution in [-0.4, -0.2) is 30.7 Å². The number of hydrogen-bond donors (Lipinski definition) is 1. The molecule has 3 rings (SSSR count). The predicted octanol–water partition coefficient (Wildman–Crippen LogP) is 1.30. The normalized spacial score (nSPS) is 44.8. The first-order chi connectivity index (χ1) is 6.81. The molecule has 2 atom stereocenters. The van der Waals surface area contributed by atoms with E-state index < -0.39 is 0 Å². The summed E-state index contributed by atoms with van der Waals surface area (Å²) >= 11 is 0. The van der Waals surface area contributed by atoms with Gasteiger partial charge in [-0.25, -0.2) is 0 Å². The van der Waals surface area contributed by atoms with Crippen LogP contribution in [0.5, 0.6) is 0 Å². The molecule has 2 unspecified atom stereocenters. The third kappa shape index (κ3) is 0.980. The average molecular weight is 198 g/mol. The Kier molecular flexibility index (Phi) is 1.92. The number of hydrogen-bond acceptors (Lipinski definition) is 3. The summed E-state index contributed by atoms with van der Waals surface area (Å²) in [4.78, 5) is 0. The van der Waals surface area contributed by atoms with Crippen molar-refractivity contribution in [1.82, 2.24) is 0 Å². The van der Waals surface area contributed by atoms with E-state index >= 15 is 0 Å². The lowest BCUT2D eigenvalue weighted by atomic mass is 9.80. The number of rotatable bonds is 1. The van der Waals surface area contributed by atoms with E-state index in [4.69, 9.17) is 9.47 Å². The second-order valence-electron chi connectivity index (χ2n) is 4.97. The fourth-order valence-corrected chi connectivity index (χ4v) is 3.81. The quantitative estimate of drug-likeness (QED) is 0.690. The van der Waals surface area contributed by atoms with E-state index in [1.165, 1.54) is 12.8 Å². The maximum atomic E-state index is 9.56. The SMILES string of the molecule is OCC12CCCC1C1(CC2)OCCO1. The Morgan fingerprint density at radius 1 is 1.14 bits per heavy atom. The van der Waals surface area contributed by atoms with Gasteiger partial charge in [-0.2, -0.15) is 0 Å². The largest absolute Gasteiger partial charge is 0.396 e. The zero-order chi connectivity index (χ0) is 9.65. The van der Waals surface area contributed by atoms with E-state index in [0.717, 1.165) is 32.5 Å². The van der Waals surface area contributed by atoms with Gasteiger partial charge in [0.05, 0.1) is 13.2 Å². The van der Waals surface area contributed by atoms with Crippen LogP contribution < -0.4 is 0 Å². The van der Waals surface area contributed by atoms with E-state index in [9.17, 15) is 5.11 Å². The Bertz CT molecular complexity index is 235. The van der Waals surface area contributed by atoms with Crippen LogP contribution in [-0.2, 0) is 9.47 Å². The second-order valence-corrected chi connectivity index (χ2v) is 4.97. The lowest BCUT2D eigenvalue weighted by Crippen LogP contribution is -2.39. The van der Waals surface area contributed by atoms with Gasteiger partial charge >= 0.3 is 0 Å². The minimum absolute atomic E-state index is 0.129. The molecule has 3 nitrogen and oxygen atoms in total. The van der Waals surface area contributed by atoms with Gasteiger partial charge in [0.1, 0.15) is 0 Å². The third-order valence-electron chi connectivity index (χ3n) is 4.50. The van der Waals surface area contributed by atoms with Crippen LogP contribution in [0.4, 0.5) is 0 Å². The van der Waals surface area contributed by atoms with Crippen LogP contribution in [0.2, 0.25) is 0 Å². The highest BCUT2D eigenvalue weighted by atomic mass is 16.7. The topological polar surface area (TPSA) is 38.7 Å². The molecule has 0 aromatic carbocycles. The van der Waals surface area contributed by atoms with Gasteiger partial charge < -0.3 is 14.6 Å². The molecule has 80 valence electrons. The van der Waals surface area contributed by atoms with Gasteiger partial charge in [0, 0.05) is 24.4 Å². The molecule has 1 spiro atoms. The summed E-state index contributed by atoms with van der Waals surface area (Å²) in [6.07, 6.45) is 5.61. The summed E-state index contributed by atoms with van der Waals surface area (Å²) in [5.41, 5.74) is 0.129. The molecule has 3 heteroatoms. The number of ether oxygens (including phenoxy) is 2. The molecule has 1 N–H and O–H groups in total. The summed E-state index contributed by atoms with van der Waals surface area (Å²) < 4.78 is 11.6. The van der Waals surface area contributed by atoms with Crippen LogP contribution >= 0.6 is 0 Å². The Morgan fingerprint density at radius 2 is 1.93 bits per heavy atom. The van der Waals surface area contributed by atoms with Crippen molar-refractivity contribution in [2.45, 2.75) is 37.9 Å². The molecule has 1 heterocycles. The molecule has 0 radical (unpaired) electrons. The Hall–Kier alpha value is -0.120. The van der Waals surface area contributed by atoms with E-state index in [2.05, 4.69) is 0 Å². The molecule has 2 saturated carbocycles. The van der Waals surface area contributed by atoms with E-state index in [1.54, 1.807) is 0 Å². The van der Waals surface area contributed by atoms with Crippen molar-refractivity contribution in [3.63, 3.8) is 0 Å². The molecular weight excluding hydrogens is 180 g/mol. The fourth-order valence-electron chi connectivity index (χ4n) is 3.81. The smallest absolute Gasteiger partial charge is 0.171 e. The van der Waals surface area contributed by atoms with E-state index in [1.807, 2.05) is 0 Å². The molecule has 1 aliphatic heterocycles. The molecule has 14 heavy (non-hydrogen) atoms. The van der Waals surface area contributed by atoms with Crippen LogP contribution in [0.3, 0.4) is 0 Å². The predicted molar refractivity (Wildman–Crippen MR) is 50.7 cm³/mol. The van der Waals surface area contributed by atoms with Gasteiger partial charge in [-0.1, -0.05) is 6.42 Å². The van der Waals surface area contributed by atoms with E-state index in [0.29, 0.717) is 12.5 Å². The molecule has 0 bridgehead atoms. The summed E-state index contributed by atoms with van der Waals surface area (Å²) in [6.45, 7) is 1.78. The van der Waals surface area contributed by atoms with Crippen molar-refractivity contribution in [3.8, 4) is 0 Å². The number of aliphatic hydroxyl groups excluding tert-OH is 1. The van der Waals surface area contributed by atoms with Crippen LogP contribution in [0.15, 0.2) is 0 Å². The highest BCUT2D eigenvalue weighted by Gasteiger charge is 2.61. The third-order valence-corrected chi connectivity index (χ3v) is 4.50. The Labute approximate surface area is 84.4 Å². The first-order valence-corrected chi connectivity index (χ1v) is 5.70. The first-order valence-electron chi connectivity index (χ1n) is 5.70. The minimum Gasteiger partial charge on any atom is -0.396 e. The molecule has 1 saturated heterocycles. The lowest BCUT2D eigenvalue weighted by Gasteiger charge is -2.33. The summed E-state index contributed by atoms with van der Waals surface area (Å²) in [5.74, 6) is 0.140. The Morgan fingerprint density at radius 3 is 2.64 bits per heavy atom. The van der Waals surface area contributed by atoms with Gasteiger partial charge in [0.2, 0.25) is 0 Å². The van der Waals surface area contributed by atoms with Crippen molar-refractivity contribution < 1.29 is 14.6 Å². The molecule has 3 fully saturated rings. The molecule has 2 aliphatic carbocycles. The standard InChI is InChI=1S/C11H18O3/c12-8-10-3-1-2-9(10)11(5-4-10)13-6-7-14-11/h9,12H,1-8H2. The van der Waals surface area contributed by atoms with Crippen molar-refractivity contribution in [1.29, 1.82) is 0 Å². The molecule has 0 aromatic heterocycles. The summed E-state index contributed by atoms with van der Waals surface area (Å²) in [5, 5.41) is 9.56. The van der Waals surface area contributed by atoms with Crippen LogP contribution in [0, 0.1) is 11.3 Å². The highest BCUT2D eigenvalue weighted by molar-refractivity contribution is 5.06. The zero-order valence-corrected chi connectivity index (χ0v) is 8.50. The maximum absolute atomic E-state index is 9.56. The van der Waals surface area contributed by atoms with Crippen LogP contribution in [0.25, 0.3) is 0 Å². The summed E-state index contributed by atoms with van der Waals surface area (Å²) in [6, 6.07) is 0. The van der Waals surface area contributed by atoms with Crippen molar-refractivity contribution in [3.05, 3.63) is 0 Å².